The maximum Gasteiger partial charge on any atom is 0.245 e. The molecule has 0 aromatic heterocycles. The molecule has 2 rings (SSSR count). The number of hydrogen-bond donors (Lipinski definition) is 1. The van der Waals surface area contributed by atoms with Crippen LogP contribution in [0.15, 0.2) is 16.6 Å². The number of rotatable bonds is 2. The van der Waals surface area contributed by atoms with Crippen molar-refractivity contribution in [2.75, 3.05) is 18.5 Å². The van der Waals surface area contributed by atoms with Gasteiger partial charge in [0, 0.05) is 18.9 Å². The second kappa shape index (κ2) is 5.90. The van der Waals surface area contributed by atoms with Crippen molar-refractivity contribution >= 4 is 27.5 Å². The highest BCUT2D eigenvalue weighted by Crippen LogP contribution is 2.32. The zero-order valence-corrected chi connectivity index (χ0v) is 12.6. The van der Waals surface area contributed by atoms with Gasteiger partial charge in [-0.2, -0.15) is 5.26 Å². The Bertz CT molecular complexity index is 577. The topological polar surface area (TPSA) is 62.1 Å². The molecule has 0 radical (unpaired) electrons. The predicted molar refractivity (Wildman–Crippen MR) is 75.6 cm³/mol. The maximum absolute atomic E-state index is 13.5. The Hall–Kier alpha value is -1.45. The minimum atomic E-state index is -1.09. The lowest BCUT2D eigenvalue weighted by Crippen LogP contribution is -2.40. The van der Waals surface area contributed by atoms with E-state index < -0.39 is 17.1 Å². The Morgan fingerprint density at radius 3 is 2.75 bits per heavy atom. The van der Waals surface area contributed by atoms with Crippen LogP contribution in [-0.2, 0) is 9.53 Å². The number of hydrogen-bond acceptors (Lipinski definition) is 3. The number of nitrogens with one attached hydrogen (secondary N) is 1. The minimum absolute atomic E-state index is 0.342. The first-order valence-electron chi connectivity index (χ1n) is 6.24. The lowest BCUT2D eigenvalue weighted by molar-refractivity contribution is -0.126. The fourth-order valence-electron chi connectivity index (χ4n) is 2.13. The molecule has 1 aromatic rings. The summed E-state index contributed by atoms with van der Waals surface area (Å²) >= 11 is 3.09. The molecule has 106 valence electrons. The number of nitrogens with zero attached hydrogens (tertiary/aromatic N) is 1. The largest absolute Gasteiger partial charge is 0.381 e. The molecule has 1 N–H and O–H groups in total. The number of aryl methyl sites for hydroxylation is 1. The normalized spacial score (nSPS) is 17.3. The Balaban J connectivity index is 2.23. The van der Waals surface area contributed by atoms with Crippen molar-refractivity contribution in [1.29, 1.82) is 5.26 Å². The van der Waals surface area contributed by atoms with Gasteiger partial charge < -0.3 is 10.1 Å². The van der Waals surface area contributed by atoms with Crippen LogP contribution in [0.4, 0.5) is 10.1 Å². The number of carbonyl (C=O) groups is 1. The first-order chi connectivity index (χ1) is 9.48. The van der Waals surface area contributed by atoms with Gasteiger partial charge in [-0.1, -0.05) is 0 Å². The van der Waals surface area contributed by atoms with Crippen molar-refractivity contribution in [2.24, 2.45) is 5.41 Å². The van der Waals surface area contributed by atoms with Crippen molar-refractivity contribution in [3.8, 4) is 6.07 Å². The number of carbonyl (C=O) groups excluding carboxylic acids is 1. The average molecular weight is 341 g/mol. The summed E-state index contributed by atoms with van der Waals surface area (Å²) in [6.07, 6.45) is 0.709. The summed E-state index contributed by atoms with van der Waals surface area (Å²) in [7, 11) is 0. The van der Waals surface area contributed by atoms with Crippen molar-refractivity contribution in [3.63, 3.8) is 0 Å². The third-order valence-electron chi connectivity index (χ3n) is 3.51. The molecule has 0 atom stereocenters. The molecule has 1 saturated heterocycles. The lowest BCUT2D eigenvalue weighted by Gasteiger charge is -2.29. The molecule has 1 aliphatic heterocycles. The predicted octanol–water partition coefficient (Wildman–Crippen LogP) is 3.16. The monoisotopic (exact) mass is 340 g/mol. The van der Waals surface area contributed by atoms with Gasteiger partial charge in [0.05, 0.1) is 10.5 Å². The molecule has 0 saturated carbocycles. The van der Waals surface area contributed by atoms with E-state index in [4.69, 9.17) is 4.74 Å². The molecule has 1 aliphatic rings. The van der Waals surface area contributed by atoms with E-state index in [1.165, 1.54) is 6.07 Å². The standard InChI is InChI=1S/C14H14BrFN2O2/c1-9-6-10(15)11(16)7-12(9)18-13(19)14(8-17)2-4-20-5-3-14/h6-7H,2-5H2,1H3,(H,18,19). The number of nitriles is 1. The Kier molecular flexibility index (Phi) is 4.41. The molecule has 1 fully saturated rings. The summed E-state index contributed by atoms with van der Waals surface area (Å²) < 4.78 is 19.1. The highest BCUT2D eigenvalue weighted by Gasteiger charge is 2.40. The van der Waals surface area contributed by atoms with Gasteiger partial charge >= 0.3 is 0 Å². The summed E-state index contributed by atoms with van der Waals surface area (Å²) in [5, 5.41) is 12.0. The molecule has 1 amide bonds. The number of ether oxygens (including phenoxy) is 1. The fraction of sp³-hybridized carbons (Fsp3) is 0.429. The third-order valence-corrected chi connectivity index (χ3v) is 4.12. The molecule has 0 unspecified atom stereocenters. The fourth-order valence-corrected chi connectivity index (χ4v) is 2.59. The van der Waals surface area contributed by atoms with Crippen molar-refractivity contribution in [2.45, 2.75) is 19.8 Å². The van der Waals surface area contributed by atoms with Crippen LogP contribution in [-0.4, -0.2) is 19.1 Å². The van der Waals surface area contributed by atoms with Crippen molar-refractivity contribution < 1.29 is 13.9 Å². The SMILES string of the molecule is Cc1cc(Br)c(F)cc1NC(=O)C1(C#N)CCOCC1. The Morgan fingerprint density at radius 2 is 2.15 bits per heavy atom. The van der Waals surface area contributed by atoms with Crippen LogP contribution in [0.5, 0.6) is 0 Å². The van der Waals surface area contributed by atoms with E-state index >= 15 is 0 Å². The van der Waals surface area contributed by atoms with Gasteiger partial charge in [0.15, 0.2) is 0 Å². The molecule has 0 bridgehead atoms. The summed E-state index contributed by atoms with van der Waals surface area (Å²) in [5.74, 6) is -0.850. The Morgan fingerprint density at radius 1 is 1.50 bits per heavy atom. The maximum atomic E-state index is 13.5. The van der Waals surface area contributed by atoms with E-state index in [-0.39, 0.29) is 0 Å². The number of amides is 1. The second-order valence-corrected chi connectivity index (χ2v) is 5.70. The average Bonchev–Trinajstić information content (AvgIpc) is 2.45. The van der Waals surface area contributed by atoms with E-state index in [1.807, 2.05) is 0 Å². The van der Waals surface area contributed by atoms with Gasteiger partial charge in [-0.3, -0.25) is 4.79 Å². The van der Waals surface area contributed by atoms with Gasteiger partial charge in [0.1, 0.15) is 11.2 Å². The molecule has 6 heteroatoms. The zero-order valence-electron chi connectivity index (χ0n) is 11.0. The number of halogens is 2. The molecular weight excluding hydrogens is 327 g/mol. The van der Waals surface area contributed by atoms with Crippen LogP contribution < -0.4 is 5.32 Å². The first kappa shape index (κ1) is 14.9. The van der Waals surface area contributed by atoms with Crippen LogP contribution in [0.3, 0.4) is 0 Å². The van der Waals surface area contributed by atoms with Crippen LogP contribution in [0, 0.1) is 29.5 Å². The quantitative estimate of drug-likeness (QED) is 0.899. The smallest absolute Gasteiger partial charge is 0.245 e. The molecular formula is C14H14BrFN2O2. The first-order valence-corrected chi connectivity index (χ1v) is 7.04. The summed E-state index contributed by atoms with van der Waals surface area (Å²) in [6.45, 7) is 2.53. The number of benzene rings is 1. The minimum Gasteiger partial charge on any atom is -0.381 e. The summed E-state index contributed by atoms with van der Waals surface area (Å²) in [4.78, 5) is 12.3. The highest BCUT2D eigenvalue weighted by atomic mass is 79.9. The zero-order chi connectivity index (χ0) is 14.8. The van der Waals surface area contributed by atoms with E-state index in [2.05, 4.69) is 27.3 Å². The van der Waals surface area contributed by atoms with Gasteiger partial charge in [-0.05, 0) is 53.4 Å². The van der Waals surface area contributed by atoms with E-state index in [0.29, 0.717) is 36.2 Å². The molecule has 0 aliphatic carbocycles. The molecule has 1 heterocycles. The van der Waals surface area contributed by atoms with Crippen LogP contribution in [0.1, 0.15) is 18.4 Å². The van der Waals surface area contributed by atoms with Crippen LogP contribution >= 0.6 is 15.9 Å². The molecule has 4 nitrogen and oxygen atoms in total. The molecule has 20 heavy (non-hydrogen) atoms. The van der Waals surface area contributed by atoms with E-state index in [0.717, 1.165) is 5.56 Å². The van der Waals surface area contributed by atoms with Crippen molar-refractivity contribution in [1.82, 2.24) is 0 Å². The summed E-state index contributed by atoms with van der Waals surface area (Å²) in [6, 6.07) is 4.93. The van der Waals surface area contributed by atoms with Gasteiger partial charge in [0.25, 0.3) is 0 Å². The second-order valence-electron chi connectivity index (χ2n) is 4.84. The molecule has 0 spiro atoms. The Labute approximate surface area is 125 Å². The van der Waals surface area contributed by atoms with Crippen LogP contribution in [0.2, 0.25) is 0 Å². The van der Waals surface area contributed by atoms with Crippen LogP contribution in [0.25, 0.3) is 0 Å². The van der Waals surface area contributed by atoms with E-state index in [9.17, 15) is 14.4 Å². The van der Waals surface area contributed by atoms with E-state index in [1.54, 1.807) is 13.0 Å². The summed E-state index contributed by atoms with van der Waals surface area (Å²) in [5.41, 5.74) is 0.0254. The van der Waals surface area contributed by atoms with Gasteiger partial charge in [-0.15, -0.1) is 0 Å². The van der Waals surface area contributed by atoms with Crippen molar-refractivity contribution in [3.05, 3.63) is 28.0 Å². The number of anilines is 1. The lowest BCUT2D eigenvalue weighted by atomic mass is 9.81. The highest BCUT2D eigenvalue weighted by molar-refractivity contribution is 9.10. The van der Waals surface area contributed by atoms with Gasteiger partial charge in [-0.25, -0.2) is 4.39 Å². The molecule has 1 aromatic carbocycles. The third kappa shape index (κ3) is 2.84. The van der Waals surface area contributed by atoms with Gasteiger partial charge in [0.2, 0.25) is 5.91 Å².